The Morgan fingerprint density at radius 2 is 1.86 bits per heavy atom. The normalized spacial score (nSPS) is 18.0. The third-order valence-electron chi connectivity index (χ3n) is 4.87. The predicted molar refractivity (Wildman–Crippen MR) is 106 cm³/mol. The SMILES string of the molecule is CC(CN(C)C(=O)OC(C)(C)C)C(=O)Nc1ccc2c(c1)OC1(CCCC1)O2. The Kier molecular flexibility index (Phi) is 5.46. The maximum atomic E-state index is 12.5. The lowest BCUT2D eigenvalue weighted by Gasteiger charge is -2.26. The van der Waals surface area contributed by atoms with Crippen LogP contribution in [0.4, 0.5) is 10.5 Å². The van der Waals surface area contributed by atoms with Gasteiger partial charge in [-0.05, 0) is 45.7 Å². The zero-order valence-corrected chi connectivity index (χ0v) is 17.3. The number of benzene rings is 1. The molecule has 3 rings (SSSR count). The van der Waals surface area contributed by atoms with E-state index >= 15 is 0 Å². The molecule has 1 aromatic carbocycles. The Morgan fingerprint density at radius 3 is 2.50 bits per heavy atom. The average molecular weight is 390 g/mol. The Hall–Kier alpha value is -2.44. The highest BCUT2D eigenvalue weighted by Crippen LogP contribution is 2.47. The second kappa shape index (κ2) is 7.53. The zero-order valence-electron chi connectivity index (χ0n) is 17.3. The van der Waals surface area contributed by atoms with Crippen molar-refractivity contribution in [3.8, 4) is 11.5 Å². The highest BCUT2D eigenvalue weighted by atomic mass is 16.7. The summed E-state index contributed by atoms with van der Waals surface area (Å²) >= 11 is 0. The number of nitrogens with zero attached hydrogens (tertiary/aromatic N) is 1. The molecule has 1 aliphatic heterocycles. The van der Waals surface area contributed by atoms with Gasteiger partial charge in [0.1, 0.15) is 5.60 Å². The van der Waals surface area contributed by atoms with Crippen molar-refractivity contribution in [1.29, 1.82) is 0 Å². The predicted octanol–water partition coefficient (Wildman–Crippen LogP) is 4.17. The second-order valence-corrected chi connectivity index (χ2v) is 8.73. The van der Waals surface area contributed by atoms with Gasteiger partial charge in [0.25, 0.3) is 5.79 Å². The summed E-state index contributed by atoms with van der Waals surface area (Å²) in [5, 5.41) is 2.89. The van der Waals surface area contributed by atoms with Crippen molar-refractivity contribution in [1.82, 2.24) is 4.90 Å². The second-order valence-electron chi connectivity index (χ2n) is 8.73. The summed E-state index contributed by atoms with van der Waals surface area (Å²) in [6.07, 6.45) is 3.52. The van der Waals surface area contributed by atoms with Gasteiger partial charge in [0, 0.05) is 38.2 Å². The molecular formula is C21H30N2O5. The van der Waals surface area contributed by atoms with Gasteiger partial charge in [0.05, 0.1) is 5.92 Å². The standard InChI is InChI=1S/C21H30N2O5/c1-14(13-23(5)19(25)28-20(2,3)4)18(24)22-15-8-9-16-17(12-15)27-21(26-16)10-6-7-11-21/h8-9,12,14H,6-7,10-11,13H2,1-5H3,(H,22,24). The smallest absolute Gasteiger partial charge is 0.410 e. The first-order chi connectivity index (χ1) is 13.1. The van der Waals surface area contributed by atoms with Crippen molar-refractivity contribution in [2.24, 2.45) is 5.92 Å². The maximum absolute atomic E-state index is 12.5. The van der Waals surface area contributed by atoms with Gasteiger partial charge in [-0.2, -0.15) is 0 Å². The molecule has 2 aliphatic rings. The lowest BCUT2D eigenvalue weighted by molar-refractivity contribution is -0.119. The van der Waals surface area contributed by atoms with E-state index in [1.807, 2.05) is 26.8 Å². The number of amides is 2. The van der Waals surface area contributed by atoms with Crippen LogP contribution in [0.15, 0.2) is 18.2 Å². The minimum atomic E-state index is -0.569. The quantitative estimate of drug-likeness (QED) is 0.835. The minimum Gasteiger partial charge on any atom is -0.448 e. The van der Waals surface area contributed by atoms with Crippen molar-refractivity contribution in [3.63, 3.8) is 0 Å². The number of fused-ring (bicyclic) bond motifs is 1. The number of ether oxygens (including phenoxy) is 3. The van der Waals surface area contributed by atoms with E-state index in [1.165, 1.54) is 4.90 Å². The molecule has 0 saturated heterocycles. The largest absolute Gasteiger partial charge is 0.448 e. The number of rotatable bonds is 4. The molecule has 1 aromatic rings. The summed E-state index contributed by atoms with van der Waals surface area (Å²) in [5.74, 6) is 0.291. The summed E-state index contributed by atoms with van der Waals surface area (Å²) in [7, 11) is 1.62. The molecule has 0 radical (unpaired) electrons. The first-order valence-corrected chi connectivity index (χ1v) is 9.84. The number of hydrogen-bond acceptors (Lipinski definition) is 5. The van der Waals surface area contributed by atoms with Gasteiger partial charge in [-0.3, -0.25) is 4.79 Å². The summed E-state index contributed by atoms with van der Waals surface area (Å²) in [5.41, 5.74) is 0.0779. The highest BCUT2D eigenvalue weighted by molar-refractivity contribution is 5.93. The molecule has 1 N–H and O–H groups in total. The molecule has 7 nitrogen and oxygen atoms in total. The molecule has 154 valence electrons. The van der Waals surface area contributed by atoms with E-state index < -0.39 is 23.4 Å². The van der Waals surface area contributed by atoms with E-state index in [-0.39, 0.29) is 12.5 Å². The van der Waals surface area contributed by atoms with Crippen LogP contribution in [-0.2, 0) is 9.53 Å². The third kappa shape index (κ3) is 4.69. The van der Waals surface area contributed by atoms with Crippen LogP contribution in [-0.4, -0.2) is 41.9 Å². The molecule has 1 saturated carbocycles. The third-order valence-corrected chi connectivity index (χ3v) is 4.87. The molecule has 1 atom stereocenters. The van der Waals surface area contributed by atoms with Gasteiger partial charge in [-0.25, -0.2) is 4.79 Å². The molecule has 7 heteroatoms. The van der Waals surface area contributed by atoms with Crippen molar-refractivity contribution >= 4 is 17.7 Å². The first kappa shape index (κ1) is 20.3. The monoisotopic (exact) mass is 390 g/mol. The number of carbonyl (C=O) groups excluding carboxylic acids is 2. The highest BCUT2D eigenvalue weighted by Gasteiger charge is 2.44. The molecule has 1 spiro atoms. The molecule has 1 aliphatic carbocycles. The van der Waals surface area contributed by atoms with E-state index in [0.717, 1.165) is 31.4 Å². The van der Waals surface area contributed by atoms with E-state index in [1.54, 1.807) is 26.1 Å². The minimum absolute atomic E-state index is 0.176. The number of carbonyl (C=O) groups is 2. The molecular weight excluding hydrogens is 360 g/mol. The first-order valence-electron chi connectivity index (χ1n) is 9.84. The van der Waals surface area contributed by atoms with Gasteiger partial charge in [-0.1, -0.05) is 6.92 Å². The van der Waals surface area contributed by atoms with Crippen LogP contribution in [0.1, 0.15) is 53.4 Å². The molecule has 0 aromatic heterocycles. The van der Waals surface area contributed by atoms with Crippen molar-refractivity contribution in [2.75, 3.05) is 18.9 Å². The fourth-order valence-electron chi connectivity index (χ4n) is 3.46. The molecule has 0 bridgehead atoms. The Bertz CT molecular complexity index is 750. The molecule has 2 amide bonds. The van der Waals surface area contributed by atoms with Gasteiger partial charge in [0.15, 0.2) is 11.5 Å². The number of anilines is 1. The Morgan fingerprint density at radius 1 is 1.21 bits per heavy atom. The lowest BCUT2D eigenvalue weighted by Crippen LogP contribution is -2.39. The maximum Gasteiger partial charge on any atom is 0.410 e. The van der Waals surface area contributed by atoms with Crippen LogP contribution in [0, 0.1) is 5.92 Å². The molecule has 1 heterocycles. The van der Waals surface area contributed by atoms with Crippen LogP contribution in [0.25, 0.3) is 0 Å². The average Bonchev–Trinajstić information content (AvgIpc) is 3.18. The van der Waals surface area contributed by atoms with Crippen molar-refractivity contribution in [2.45, 2.75) is 64.8 Å². The summed E-state index contributed by atoms with van der Waals surface area (Å²) in [4.78, 5) is 26.0. The van der Waals surface area contributed by atoms with E-state index in [0.29, 0.717) is 11.4 Å². The van der Waals surface area contributed by atoms with Gasteiger partial charge in [-0.15, -0.1) is 0 Å². The lowest BCUT2D eigenvalue weighted by atomic mass is 10.1. The molecule has 1 unspecified atom stereocenters. The van der Waals surface area contributed by atoms with E-state index in [9.17, 15) is 9.59 Å². The van der Waals surface area contributed by atoms with Crippen molar-refractivity contribution < 1.29 is 23.8 Å². The summed E-state index contributed by atoms with van der Waals surface area (Å²) < 4.78 is 17.3. The summed E-state index contributed by atoms with van der Waals surface area (Å²) in [6, 6.07) is 5.43. The van der Waals surface area contributed by atoms with Crippen LogP contribution >= 0.6 is 0 Å². The van der Waals surface area contributed by atoms with E-state index in [4.69, 9.17) is 14.2 Å². The number of hydrogen-bond donors (Lipinski definition) is 1. The number of nitrogens with one attached hydrogen (secondary N) is 1. The Labute approximate surface area is 166 Å². The summed E-state index contributed by atoms with van der Waals surface area (Å²) in [6.45, 7) is 7.46. The van der Waals surface area contributed by atoms with Crippen LogP contribution in [0.3, 0.4) is 0 Å². The van der Waals surface area contributed by atoms with Gasteiger partial charge >= 0.3 is 6.09 Å². The van der Waals surface area contributed by atoms with Crippen LogP contribution in [0.2, 0.25) is 0 Å². The van der Waals surface area contributed by atoms with E-state index in [2.05, 4.69) is 5.32 Å². The van der Waals surface area contributed by atoms with Gasteiger partial charge in [0.2, 0.25) is 5.91 Å². The van der Waals surface area contributed by atoms with Gasteiger partial charge < -0.3 is 24.4 Å². The fraction of sp³-hybridized carbons (Fsp3) is 0.619. The zero-order chi connectivity index (χ0) is 20.5. The van der Waals surface area contributed by atoms with Crippen LogP contribution in [0.5, 0.6) is 11.5 Å². The molecule has 28 heavy (non-hydrogen) atoms. The topological polar surface area (TPSA) is 77.1 Å². The van der Waals surface area contributed by atoms with Crippen LogP contribution < -0.4 is 14.8 Å². The molecule has 1 fully saturated rings. The fourth-order valence-corrected chi connectivity index (χ4v) is 3.46. The van der Waals surface area contributed by atoms with Crippen molar-refractivity contribution in [3.05, 3.63) is 18.2 Å². The Balaban J connectivity index is 1.56.